The van der Waals surface area contributed by atoms with Crippen LogP contribution in [0.25, 0.3) is 0 Å². The van der Waals surface area contributed by atoms with Gasteiger partial charge in [-0.15, -0.1) is 0 Å². The van der Waals surface area contributed by atoms with Gasteiger partial charge >= 0.3 is 7.12 Å². The van der Waals surface area contributed by atoms with E-state index in [1.165, 1.54) is 0 Å². The van der Waals surface area contributed by atoms with Gasteiger partial charge in [0.1, 0.15) is 0 Å². The van der Waals surface area contributed by atoms with Crippen LogP contribution in [0.2, 0.25) is 0 Å². The summed E-state index contributed by atoms with van der Waals surface area (Å²) in [7, 11) is -1.53. The van der Waals surface area contributed by atoms with Crippen LogP contribution < -0.4 is 0 Å². The van der Waals surface area contributed by atoms with Gasteiger partial charge in [0.2, 0.25) is 0 Å². The molecule has 4 heteroatoms. The van der Waals surface area contributed by atoms with E-state index in [4.69, 9.17) is 10.0 Å². The zero-order valence-electron chi connectivity index (χ0n) is 6.24. The van der Waals surface area contributed by atoms with E-state index in [-0.39, 0.29) is 5.78 Å². The number of hydrogen-bond donors (Lipinski definition) is 2. The Hall–Kier alpha value is -0.865. The quantitative estimate of drug-likeness (QED) is 0.513. The van der Waals surface area contributed by atoms with E-state index in [2.05, 4.69) is 0 Å². The zero-order valence-corrected chi connectivity index (χ0v) is 6.24. The van der Waals surface area contributed by atoms with Gasteiger partial charge in [0, 0.05) is 6.42 Å². The van der Waals surface area contributed by atoms with Gasteiger partial charge in [-0.2, -0.15) is 0 Å². The Morgan fingerprint density at radius 3 is 2.64 bits per heavy atom. The van der Waals surface area contributed by atoms with Crippen molar-refractivity contribution in [1.82, 2.24) is 0 Å². The van der Waals surface area contributed by atoms with Gasteiger partial charge < -0.3 is 10.0 Å². The van der Waals surface area contributed by atoms with E-state index in [1.807, 2.05) is 0 Å². The van der Waals surface area contributed by atoms with Crippen LogP contribution in [0.3, 0.4) is 0 Å². The summed E-state index contributed by atoms with van der Waals surface area (Å²) in [4.78, 5) is 11.0. The molecule has 0 bridgehead atoms. The minimum absolute atomic E-state index is 0.0457. The topological polar surface area (TPSA) is 57.5 Å². The Morgan fingerprint density at radius 1 is 1.55 bits per heavy atom. The minimum atomic E-state index is -1.53. The molecule has 3 nitrogen and oxygen atoms in total. The van der Waals surface area contributed by atoms with Gasteiger partial charge in [-0.1, -0.05) is 12.2 Å². The van der Waals surface area contributed by atoms with Crippen molar-refractivity contribution in [2.24, 2.45) is 0 Å². The summed E-state index contributed by atoms with van der Waals surface area (Å²) in [5.74, 6) is -0.0457. The molecule has 0 fully saturated rings. The van der Waals surface area contributed by atoms with Gasteiger partial charge in [-0.3, -0.25) is 4.79 Å². The number of carbonyl (C=O) groups is 1. The lowest BCUT2D eigenvalue weighted by molar-refractivity contribution is -0.114. The van der Waals surface area contributed by atoms with E-state index < -0.39 is 7.12 Å². The monoisotopic (exact) mass is 152 g/mol. The Bertz CT molecular complexity index is 240. The van der Waals surface area contributed by atoms with Crippen molar-refractivity contribution >= 4 is 12.9 Å². The summed E-state index contributed by atoms with van der Waals surface area (Å²) < 4.78 is 0. The summed E-state index contributed by atoms with van der Waals surface area (Å²) in [6.07, 6.45) is 3.56. The molecule has 1 aliphatic rings. The van der Waals surface area contributed by atoms with Crippen molar-refractivity contribution in [2.45, 2.75) is 13.3 Å². The molecule has 58 valence electrons. The van der Waals surface area contributed by atoms with Crippen LogP contribution in [0.5, 0.6) is 0 Å². The molecule has 0 aromatic heterocycles. The van der Waals surface area contributed by atoms with E-state index >= 15 is 0 Å². The molecule has 11 heavy (non-hydrogen) atoms. The lowest BCUT2D eigenvalue weighted by atomic mass is 9.73. The largest absolute Gasteiger partial charge is 0.488 e. The molecular formula is C7H9BO3. The van der Waals surface area contributed by atoms with Gasteiger partial charge in [0.25, 0.3) is 0 Å². The molecule has 0 atom stereocenters. The number of rotatable bonds is 1. The summed E-state index contributed by atoms with van der Waals surface area (Å²) in [6.45, 7) is 1.60. The molecule has 0 aliphatic heterocycles. The average molecular weight is 152 g/mol. The Labute approximate surface area is 65.2 Å². The molecular weight excluding hydrogens is 143 g/mol. The maximum atomic E-state index is 11.0. The van der Waals surface area contributed by atoms with Crippen molar-refractivity contribution in [1.29, 1.82) is 0 Å². The van der Waals surface area contributed by atoms with Crippen molar-refractivity contribution in [3.63, 3.8) is 0 Å². The Morgan fingerprint density at radius 2 is 2.18 bits per heavy atom. The highest BCUT2D eigenvalue weighted by Crippen LogP contribution is 2.15. The summed E-state index contributed by atoms with van der Waals surface area (Å²) in [5, 5.41) is 17.5. The van der Waals surface area contributed by atoms with Crippen LogP contribution >= 0.6 is 0 Å². The molecule has 1 aliphatic carbocycles. The molecule has 0 aromatic rings. The first-order chi connectivity index (χ1) is 5.13. The molecule has 0 spiro atoms. The zero-order chi connectivity index (χ0) is 8.43. The van der Waals surface area contributed by atoms with E-state index in [0.717, 1.165) is 0 Å². The van der Waals surface area contributed by atoms with E-state index in [1.54, 1.807) is 19.1 Å². The second kappa shape index (κ2) is 3.03. The Balaban J connectivity index is 2.98. The predicted molar refractivity (Wildman–Crippen MR) is 41.7 cm³/mol. The molecule has 2 N–H and O–H groups in total. The Kier molecular flexibility index (Phi) is 2.26. The number of ketones is 1. The predicted octanol–water partition coefficient (Wildman–Crippen LogP) is -0.156. The first kappa shape index (κ1) is 8.23. The highest BCUT2D eigenvalue weighted by Gasteiger charge is 2.20. The molecule has 1 rings (SSSR count). The van der Waals surface area contributed by atoms with Crippen molar-refractivity contribution in [3.05, 3.63) is 23.2 Å². The van der Waals surface area contributed by atoms with Gasteiger partial charge in [0.05, 0.1) is 0 Å². The van der Waals surface area contributed by atoms with Crippen LogP contribution in [0.1, 0.15) is 13.3 Å². The minimum Gasteiger partial charge on any atom is -0.423 e. The fourth-order valence-corrected chi connectivity index (χ4v) is 1.01. The highest BCUT2D eigenvalue weighted by atomic mass is 16.4. The van der Waals surface area contributed by atoms with Crippen LogP contribution in [0, 0.1) is 0 Å². The molecule has 0 saturated heterocycles. The first-order valence-corrected chi connectivity index (χ1v) is 3.39. The van der Waals surface area contributed by atoms with Crippen molar-refractivity contribution in [3.8, 4) is 0 Å². The van der Waals surface area contributed by atoms with Crippen LogP contribution in [-0.4, -0.2) is 22.9 Å². The maximum absolute atomic E-state index is 11.0. The summed E-state index contributed by atoms with van der Waals surface area (Å²) >= 11 is 0. The number of Topliss-reactive ketones (excluding diaryl/α,β-unsaturated/α-hetero) is 1. The lowest BCUT2D eigenvalue weighted by Crippen LogP contribution is -2.20. The van der Waals surface area contributed by atoms with Gasteiger partial charge in [0.15, 0.2) is 5.78 Å². The third-order valence-electron chi connectivity index (χ3n) is 1.73. The molecule has 0 radical (unpaired) electrons. The third kappa shape index (κ3) is 1.58. The van der Waals surface area contributed by atoms with E-state index in [0.29, 0.717) is 17.5 Å². The third-order valence-corrected chi connectivity index (χ3v) is 1.73. The molecule has 0 amide bonds. The average Bonchev–Trinajstić information content (AvgIpc) is 1.94. The maximum Gasteiger partial charge on any atom is 0.488 e. The molecule has 0 heterocycles. The fraction of sp³-hybridized carbons (Fsp3) is 0.286. The van der Waals surface area contributed by atoms with Gasteiger partial charge in [-0.25, -0.2) is 0 Å². The second-order valence-corrected chi connectivity index (χ2v) is 2.48. The smallest absolute Gasteiger partial charge is 0.423 e. The van der Waals surface area contributed by atoms with Crippen molar-refractivity contribution in [2.75, 3.05) is 0 Å². The second-order valence-electron chi connectivity index (χ2n) is 2.48. The number of hydrogen-bond acceptors (Lipinski definition) is 3. The number of allylic oxidation sites excluding steroid dienone is 4. The highest BCUT2D eigenvalue weighted by molar-refractivity contribution is 6.53. The molecule has 0 saturated carbocycles. The summed E-state index contributed by atoms with van der Waals surface area (Å²) in [6, 6.07) is 0. The van der Waals surface area contributed by atoms with Crippen LogP contribution in [0.15, 0.2) is 23.2 Å². The molecule has 0 aromatic carbocycles. The SMILES string of the molecule is CC1=C(B(O)O)C=CCC1=O. The normalized spacial score (nSPS) is 17.5. The summed E-state index contributed by atoms with van der Waals surface area (Å²) in [5.41, 5.74) is 0.753. The lowest BCUT2D eigenvalue weighted by Gasteiger charge is -2.09. The first-order valence-electron chi connectivity index (χ1n) is 3.39. The van der Waals surface area contributed by atoms with Crippen LogP contribution in [-0.2, 0) is 4.79 Å². The fourth-order valence-electron chi connectivity index (χ4n) is 1.01. The van der Waals surface area contributed by atoms with E-state index in [9.17, 15) is 4.79 Å². The molecule has 0 unspecified atom stereocenters. The van der Waals surface area contributed by atoms with Crippen LogP contribution in [0.4, 0.5) is 0 Å². The number of carbonyl (C=O) groups excluding carboxylic acids is 1. The van der Waals surface area contributed by atoms with Crippen molar-refractivity contribution < 1.29 is 14.8 Å². The van der Waals surface area contributed by atoms with Gasteiger partial charge in [-0.05, 0) is 18.0 Å². The standard InChI is InChI=1S/C7H9BO3/c1-5-6(8(10)11)3-2-4-7(5)9/h2-3,10-11H,4H2,1H3.